The van der Waals surface area contributed by atoms with Crippen molar-refractivity contribution in [1.82, 2.24) is 14.5 Å². The van der Waals surface area contributed by atoms with Gasteiger partial charge in [-0.05, 0) is 45.0 Å². The van der Waals surface area contributed by atoms with Crippen LogP contribution in [-0.4, -0.2) is 47.1 Å². The van der Waals surface area contributed by atoms with Gasteiger partial charge in [-0.1, -0.05) is 6.07 Å². The Kier molecular flexibility index (Phi) is 5.75. The second kappa shape index (κ2) is 8.19. The zero-order valence-electron chi connectivity index (χ0n) is 18.5. The summed E-state index contributed by atoms with van der Waals surface area (Å²) in [5, 5.41) is 2.62. The van der Waals surface area contributed by atoms with Crippen LogP contribution in [-0.2, 0) is 9.84 Å². The summed E-state index contributed by atoms with van der Waals surface area (Å²) in [5.41, 5.74) is -1.59. The van der Waals surface area contributed by atoms with E-state index in [9.17, 15) is 26.8 Å². The summed E-state index contributed by atoms with van der Waals surface area (Å²) in [6, 6.07) is 7.18. The van der Waals surface area contributed by atoms with Crippen molar-refractivity contribution in [1.29, 1.82) is 0 Å². The van der Waals surface area contributed by atoms with Crippen molar-refractivity contribution in [2.24, 2.45) is 0 Å². The van der Waals surface area contributed by atoms with Crippen LogP contribution >= 0.6 is 0 Å². The molecule has 3 aromatic rings. The molecule has 0 unspecified atom stereocenters. The largest absolute Gasteiger partial charge is 0.435 e. The molecule has 2 aromatic carbocycles. The third-order valence-electron chi connectivity index (χ3n) is 5.50. The Balaban J connectivity index is 1.84. The number of hydrogen-bond donors (Lipinski definition) is 1. The maximum atomic E-state index is 15.4. The summed E-state index contributed by atoms with van der Waals surface area (Å²) >= 11 is 0. The van der Waals surface area contributed by atoms with Gasteiger partial charge in [0, 0.05) is 17.7 Å². The number of alkyl halides is 2. The molecule has 2 heterocycles. The lowest BCUT2D eigenvalue weighted by Gasteiger charge is -2.38. The number of benzene rings is 2. The Morgan fingerprint density at radius 3 is 2.44 bits per heavy atom. The number of carbonyl (C=O) groups is 1. The maximum Gasteiger partial charge on any atom is 0.387 e. The minimum atomic E-state index is -3.22. The highest BCUT2D eigenvalue weighted by Gasteiger charge is 2.45. The average molecular weight is 497 g/mol. The van der Waals surface area contributed by atoms with Crippen molar-refractivity contribution in [3.05, 3.63) is 58.3 Å². The molecule has 0 radical (unpaired) electrons. The topological polar surface area (TPSA) is 99.4 Å². The van der Waals surface area contributed by atoms with E-state index < -0.39 is 45.4 Å². The first kappa shape index (κ1) is 23.9. The highest BCUT2D eigenvalue weighted by atomic mass is 32.2. The Morgan fingerprint density at radius 2 is 1.85 bits per heavy atom. The standard InChI is InChI=1S/C22H22F3N3O5S/c1-12(2)27-17-8-13(19(29)26-22(3)10-34(31,32)11-22)7-16(23)18(17)28(21(27)30)14-5-4-6-15(9-14)33-20(24)25/h4-9,12,20H,10-11H2,1-3H3,(H,26,29). The van der Waals surface area contributed by atoms with E-state index in [1.807, 2.05) is 0 Å². The van der Waals surface area contributed by atoms with Crippen molar-refractivity contribution >= 4 is 26.8 Å². The monoisotopic (exact) mass is 497 g/mol. The quantitative estimate of drug-likeness (QED) is 0.565. The fourth-order valence-electron chi connectivity index (χ4n) is 4.31. The molecule has 12 heteroatoms. The lowest BCUT2D eigenvalue weighted by Crippen LogP contribution is -2.63. The Hall–Kier alpha value is -3.28. The molecule has 0 spiro atoms. The maximum absolute atomic E-state index is 15.4. The molecule has 34 heavy (non-hydrogen) atoms. The van der Waals surface area contributed by atoms with E-state index in [1.165, 1.54) is 34.9 Å². The van der Waals surface area contributed by atoms with E-state index in [1.54, 1.807) is 20.8 Å². The number of halogens is 3. The van der Waals surface area contributed by atoms with Gasteiger partial charge in [-0.2, -0.15) is 8.78 Å². The molecule has 1 aliphatic heterocycles. The van der Waals surface area contributed by atoms with Gasteiger partial charge >= 0.3 is 12.3 Å². The molecule has 1 aliphatic rings. The molecule has 182 valence electrons. The zero-order valence-corrected chi connectivity index (χ0v) is 19.3. The lowest BCUT2D eigenvalue weighted by atomic mass is 10.1. The number of carbonyl (C=O) groups excluding carboxylic acids is 1. The summed E-state index contributed by atoms with van der Waals surface area (Å²) in [6.45, 7) is 1.91. The highest BCUT2D eigenvalue weighted by molar-refractivity contribution is 7.93. The highest BCUT2D eigenvalue weighted by Crippen LogP contribution is 2.28. The molecule has 1 aromatic heterocycles. The van der Waals surface area contributed by atoms with Crippen molar-refractivity contribution < 1.29 is 31.1 Å². The van der Waals surface area contributed by atoms with Gasteiger partial charge in [0.05, 0.1) is 28.2 Å². The number of imidazole rings is 1. The summed E-state index contributed by atoms with van der Waals surface area (Å²) < 4.78 is 70.4. The van der Waals surface area contributed by atoms with Gasteiger partial charge in [-0.25, -0.2) is 17.6 Å². The van der Waals surface area contributed by atoms with E-state index >= 15 is 4.39 Å². The molecule has 8 nitrogen and oxygen atoms in total. The van der Waals surface area contributed by atoms with Crippen LogP contribution in [0, 0.1) is 5.82 Å². The minimum Gasteiger partial charge on any atom is -0.435 e. The second-order valence-electron chi connectivity index (χ2n) is 8.83. The number of nitrogens with zero attached hydrogens (tertiary/aromatic N) is 2. The molecule has 1 N–H and O–H groups in total. The van der Waals surface area contributed by atoms with Crippen LogP contribution in [0.2, 0.25) is 0 Å². The van der Waals surface area contributed by atoms with E-state index in [-0.39, 0.29) is 39.5 Å². The predicted octanol–water partition coefficient (Wildman–Crippen LogP) is 3.03. The SMILES string of the molecule is CC(C)n1c(=O)n(-c2cccc(OC(F)F)c2)c2c(F)cc(C(=O)NC3(C)CS(=O)(=O)C3)cc21. The van der Waals surface area contributed by atoms with Gasteiger partial charge in [0.25, 0.3) is 5.91 Å². The van der Waals surface area contributed by atoms with E-state index in [4.69, 9.17) is 0 Å². The third-order valence-corrected chi connectivity index (χ3v) is 7.65. The summed E-state index contributed by atoms with van der Waals surface area (Å²) in [4.78, 5) is 26.1. The number of hydrogen-bond acceptors (Lipinski definition) is 5. The van der Waals surface area contributed by atoms with Gasteiger partial charge in [-0.15, -0.1) is 0 Å². The molecule has 1 saturated heterocycles. The van der Waals surface area contributed by atoms with Crippen LogP contribution in [0.1, 0.15) is 37.2 Å². The molecular formula is C22H22F3N3O5S. The van der Waals surface area contributed by atoms with Gasteiger partial charge in [-0.3, -0.25) is 13.9 Å². The van der Waals surface area contributed by atoms with Gasteiger partial charge in [0.1, 0.15) is 17.1 Å². The number of aromatic nitrogens is 2. The summed E-state index contributed by atoms with van der Waals surface area (Å²) in [5.74, 6) is -2.21. The molecule has 4 rings (SSSR count). The molecule has 0 atom stereocenters. The smallest absolute Gasteiger partial charge is 0.387 e. The van der Waals surface area contributed by atoms with E-state index in [0.717, 1.165) is 10.6 Å². The normalized spacial score (nSPS) is 16.6. The fraction of sp³-hybridized carbons (Fsp3) is 0.364. The number of nitrogens with one attached hydrogen (secondary N) is 1. The summed E-state index contributed by atoms with van der Waals surface area (Å²) in [7, 11) is -3.22. The zero-order chi connectivity index (χ0) is 25.0. The summed E-state index contributed by atoms with van der Waals surface area (Å²) in [6.07, 6.45) is 0. The van der Waals surface area contributed by atoms with Gasteiger partial charge in [0.15, 0.2) is 9.84 Å². The van der Waals surface area contributed by atoms with Crippen LogP contribution < -0.4 is 15.7 Å². The fourth-order valence-corrected chi connectivity index (χ4v) is 6.31. The van der Waals surface area contributed by atoms with Crippen molar-refractivity contribution in [2.45, 2.75) is 39.0 Å². The van der Waals surface area contributed by atoms with Crippen LogP contribution in [0.5, 0.6) is 5.75 Å². The van der Waals surface area contributed by atoms with E-state index in [2.05, 4.69) is 10.1 Å². The van der Waals surface area contributed by atoms with Crippen molar-refractivity contribution in [3.63, 3.8) is 0 Å². The number of sulfone groups is 1. The molecule has 0 bridgehead atoms. The molecule has 1 fully saturated rings. The minimum absolute atomic E-state index is 0.0862. The first-order valence-corrected chi connectivity index (χ1v) is 12.2. The number of fused-ring (bicyclic) bond motifs is 1. The Bertz CT molecular complexity index is 1450. The predicted molar refractivity (Wildman–Crippen MR) is 119 cm³/mol. The van der Waals surface area contributed by atoms with Crippen LogP contribution in [0.4, 0.5) is 13.2 Å². The van der Waals surface area contributed by atoms with Crippen molar-refractivity contribution in [3.8, 4) is 11.4 Å². The number of rotatable bonds is 6. The van der Waals surface area contributed by atoms with Gasteiger partial charge < -0.3 is 10.1 Å². The average Bonchev–Trinajstić information content (AvgIpc) is 2.98. The first-order chi connectivity index (χ1) is 15.8. The van der Waals surface area contributed by atoms with Crippen LogP contribution in [0.25, 0.3) is 16.7 Å². The number of ether oxygens (including phenoxy) is 1. The van der Waals surface area contributed by atoms with Crippen LogP contribution in [0.3, 0.4) is 0 Å². The Morgan fingerprint density at radius 1 is 1.18 bits per heavy atom. The molecule has 1 amide bonds. The third kappa shape index (κ3) is 4.29. The molecular weight excluding hydrogens is 475 g/mol. The molecule has 0 aliphatic carbocycles. The van der Waals surface area contributed by atoms with Crippen molar-refractivity contribution in [2.75, 3.05) is 11.5 Å². The van der Waals surface area contributed by atoms with Crippen LogP contribution in [0.15, 0.2) is 41.2 Å². The number of amides is 1. The Labute approximate surface area is 192 Å². The first-order valence-electron chi connectivity index (χ1n) is 10.3. The van der Waals surface area contributed by atoms with Gasteiger partial charge in [0.2, 0.25) is 0 Å². The second-order valence-corrected chi connectivity index (χ2v) is 10.9. The van der Waals surface area contributed by atoms with E-state index in [0.29, 0.717) is 0 Å². The molecule has 0 saturated carbocycles. The lowest BCUT2D eigenvalue weighted by molar-refractivity contribution is -0.0498.